The van der Waals surface area contributed by atoms with Crippen LogP contribution in [0.1, 0.15) is 37.7 Å². The van der Waals surface area contributed by atoms with Crippen LogP contribution in [0.25, 0.3) is 0 Å². The first-order valence-electron chi connectivity index (χ1n) is 11.3. The number of nitrogens with zero attached hydrogens (tertiary/aromatic N) is 3. The van der Waals surface area contributed by atoms with Gasteiger partial charge in [-0.3, -0.25) is 14.1 Å². The molecule has 1 heterocycles. The predicted molar refractivity (Wildman–Crippen MR) is 147 cm³/mol. The molecule has 0 aliphatic heterocycles. The van der Waals surface area contributed by atoms with Crippen molar-refractivity contribution < 1.29 is 37.2 Å². The highest BCUT2D eigenvalue weighted by Crippen LogP contribution is 2.41. The lowest BCUT2D eigenvalue weighted by Crippen LogP contribution is -2.25. The summed E-state index contributed by atoms with van der Waals surface area (Å²) < 4.78 is 38.9. The van der Waals surface area contributed by atoms with Gasteiger partial charge in [0.25, 0.3) is 10.1 Å². The van der Waals surface area contributed by atoms with E-state index in [0.29, 0.717) is 23.6 Å². The Bertz CT molecular complexity index is 1830. The lowest BCUT2D eigenvalue weighted by Gasteiger charge is -2.24. The lowest BCUT2D eigenvalue weighted by molar-refractivity contribution is -0.432. The number of fused-ring (bicyclic) bond motifs is 2. The number of ketones is 2. The van der Waals surface area contributed by atoms with E-state index in [1.165, 1.54) is 24.3 Å². The SMILES string of the molecule is Cc1nc(Cl)nc(Nc2ccc(Nc3cc(S(=O)(=O)O)c(N)c4c3C(=O)c3ccccc3C4=O)c(SOOO)c2)n1. The molecule has 0 radical (unpaired) electrons. The molecular weight excluding hydrogens is 600 g/mol. The van der Waals surface area contributed by atoms with E-state index in [1.54, 1.807) is 25.1 Å². The second kappa shape index (κ2) is 11.0. The highest BCUT2D eigenvalue weighted by Gasteiger charge is 2.36. The zero-order valence-electron chi connectivity index (χ0n) is 20.6. The van der Waals surface area contributed by atoms with Crippen LogP contribution in [0.4, 0.5) is 28.7 Å². The number of carbonyl (C=O) groups excluding carboxylic acids is 2. The summed E-state index contributed by atoms with van der Waals surface area (Å²) in [6.07, 6.45) is 0. The van der Waals surface area contributed by atoms with Crippen LogP contribution in [0.3, 0.4) is 0 Å². The molecule has 1 aliphatic rings. The van der Waals surface area contributed by atoms with Crippen LogP contribution in [-0.4, -0.2) is 44.7 Å². The van der Waals surface area contributed by atoms with Crippen molar-refractivity contribution in [2.75, 3.05) is 16.4 Å². The molecule has 1 aliphatic carbocycles. The van der Waals surface area contributed by atoms with Crippen LogP contribution in [-0.2, 0) is 19.5 Å². The number of halogens is 1. The van der Waals surface area contributed by atoms with Gasteiger partial charge >= 0.3 is 0 Å². The predicted octanol–water partition coefficient (Wildman–Crippen LogP) is 4.35. The Kier molecular flexibility index (Phi) is 7.62. The monoisotopic (exact) mass is 616 g/mol. The van der Waals surface area contributed by atoms with Gasteiger partial charge in [0.2, 0.25) is 11.2 Å². The van der Waals surface area contributed by atoms with Crippen LogP contribution in [0.5, 0.6) is 0 Å². The molecule has 3 aromatic carbocycles. The smallest absolute Gasteiger partial charge is 0.296 e. The van der Waals surface area contributed by atoms with Gasteiger partial charge in [-0.25, -0.2) is 10.2 Å². The molecule has 17 heteroatoms. The zero-order valence-corrected chi connectivity index (χ0v) is 23.0. The van der Waals surface area contributed by atoms with Gasteiger partial charge in [0.05, 0.1) is 45.1 Å². The fraction of sp³-hybridized carbons (Fsp3) is 0.0417. The second-order valence-electron chi connectivity index (χ2n) is 8.43. The largest absolute Gasteiger partial charge is 0.397 e. The van der Waals surface area contributed by atoms with Gasteiger partial charge in [-0.1, -0.05) is 29.3 Å². The zero-order chi connectivity index (χ0) is 29.5. The van der Waals surface area contributed by atoms with Crippen molar-refractivity contribution in [1.29, 1.82) is 0 Å². The van der Waals surface area contributed by atoms with Gasteiger partial charge in [0, 0.05) is 16.8 Å². The van der Waals surface area contributed by atoms with E-state index in [0.717, 1.165) is 6.07 Å². The molecular formula is C24H17ClN6O8S2. The average molecular weight is 617 g/mol. The van der Waals surface area contributed by atoms with E-state index >= 15 is 0 Å². The summed E-state index contributed by atoms with van der Waals surface area (Å²) in [6, 6.07) is 11.5. The summed E-state index contributed by atoms with van der Waals surface area (Å²) in [6.45, 7) is 1.62. The standard InChI is InChI=1S/C24H17ClN6O8S2/c1-10-27-23(25)31-24(28-10)29-11-6-7-14(16(8-11)40-39-38-34)30-15-9-17(41(35,36)37)20(26)19-18(15)21(32)12-4-2-3-5-13(12)22(19)33/h2-9,30,34H,26H2,1H3,(H,35,36,37)(H,27,28,29,31). The minimum Gasteiger partial charge on any atom is -0.397 e. The average Bonchev–Trinajstić information content (AvgIpc) is 2.91. The molecule has 41 heavy (non-hydrogen) atoms. The molecule has 0 atom stereocenters. The molecule has 0 saturated heterocycles. The number of nitrogen functional groups attached to an aromatic ring is 1. The Labute approximate surface area is 240 Å². The van der Waals surface area contributed by atoms with Gasteiger partial charge in [0.15, 0.2) is 11.6 Å². The molecule has 14 nitrogen and oxygen atoms in total. The van der Waals surface area contributed by atoms with Crippen LogP contribution in [0.15, 0.2) is 58.3 Å². The Hall–Kier alpha value is -4.16. The summed E-state index contributed by atoms with van der Waals surface area (Å²) in [5.74, 6) is -0.804. The number of aryl methyl sites for hydroxylation is 1. The molecule has 1 aromatic heterocycles. The van der Waals surface area contributed by atoms with Crippen LogP contribution >= 0.6 is 23.6 Å². The molecule has 210 valence electrons. The van der Waals surface area contributed by atoms with E-state index in [9.17, 15) is 22.6 Å². The molecule has 0 amide bonds. The normalized spacial score (nSPS) is 12.6. The minimum atomic E-state index is -4.92. The molecule has 6 N–H and O–H groups in total. The van der Waals surface area contributed by atoms with Crippen molar-refractivity contribution in [3.05, 3.63) is 81.9 Å². The van der Waals surface area contributed by atoms with Crippen LogP contribution in [0.2, 0.25) is 5.28 Å². The first-order chi connectivity index (χ1) is 19.5. The maximum absolute atomic E-state index is 13.6. The Morgan fingerprint density at radius 2 is 1.63 bits per heavy atom. The topological polar surface area (TPSA) is 216 Å². The minimum absolute atomic E-state index is 0.0315. The van der Waals surface area contributed by atoms with E-state index in [-0.39, 0.29) is 49.8 Å². The summed E-state index contributed by atoms with van der Waals surface area (Å²) in [4.78, 5) is 38.4. The highest BCUT2D eigenvalue weighted by molar-refractivity contribution is 7.94. The summed E-state index contributed by atoms with van der Waals surface area (Å²) in [7, 11) is -4.92. The number of anilines is 5. The molecule has 4 aromatic rings. The first-order valence-corrected chi connectivity index (χ1v) is 13.9. The fourth-order valence-electron chi connectivity index (χ4n) is 4.21. The van der Waals surface area contributed by atoms with Gasteiger partial charge in [-0.2, -0.15) is 18.4 Å². The molecule has 5 rings (SSSR count). The van der Waals surface area contributed by atoms with Gasteiger partial charge in [-0.05, 0) is 42.8 Å². The maximum atomic E-state index is 13.6. The van der Waals surface area contributed by atoms with Crippen molar-refractivity contribution in [1.82, 2.24) is 15.0 Å². The lowest BCUT2D eigenvalue weighted by atomic mass is 9.82. The van der Waals surface area contributed by atoms with Crippen molar-refractivity contribution in [2.45, 2.75) is 16.7 Å². The third kappa shape index (κ3) is 5.57. The van der Waals surface area contributed by atoms with Gasteiger partial charge in [0.1, 0.15) is 10.7 Å². The molecule has 0 fully saturated rings. The fourth-order valence-corrected chi connectivity index (χ4v) is 5.55. The number of aromatic nitrogens is 3. The van der Waals surface area contributed by atoms with E-state index in [2.05, 4.69) is 35.0 Å². The van der Waals surface area contributed by atoms with E-state index in [4.69, 9.17) is 22.6 Å². The number of nitrogens with two attached hydrogens (primary N) is 1. The highest BCUT2D eigenvalue weighted by atomic mass is 35.5. The Morgan fingerprint density at radius 3 is 2.27 bits per heavy atom. The number of benzene rings is 3. The summed E-state index contributed by atoms with van der Waals surface area (Å²) in [5.41, 5.74) is 5.47. The third-order valence-corrected chi connectivity index (χ3v) is 7.57. The van der Waals surface area contributed by atoms with E-state index in [1.807, 2.05) is 0 Å². The number of rotatable bonds is 8. The van der Waals surface area contributed by atoms with Crippen molar-refractivity contribution in [3.8, 4) is 0 Å². The number of nitrogens with one attached hydrogen (secondary N) is 2. The Balaban J connectivity index is 1.63. The molecule has 0 spiro atoms. The van der Waals surface area contributed by atoms with Gasteiger partial charge in [-0.15, -0.1) is 4.33 Å². The summed E-state index contributed by atoms with van der Waals surface area (Å²) >= 11 is 6.44. The number of hydrogen-bond acceptors (Lipinski definition) is 14. The van der Waals surface area contributed by atoms with E-state index < -0.39 is 32.3 Å². The van der Waals surface area contributed by atoms with Crippen LogP contribution < -0.4 is 16.4 Å². The second-order valence-corrected chi connectivity index (χ2v) is 10.9. The number of carbonyl (C=O) groups is 2. The van der Waals surface area contributed by atoms with Crippen molar-refractivity contribution in [2.24, 2.45) is 0 Å². The van der Waals surface area contributed by atoms with Gasteiger partial charge < -0.3 is 16.4 Å². The van der Waals surface area contributed by atoms with Crippen molar-refractivity contribution in [3.63, 3.8) is 0 Å². The molecule has 0 bridgehead atoms. The first kappa shape index (κ1) is 28.4. The Morgan fingerprint density at radius 1 is 0.951 bits per heavy atom. The molecule has 0 saturated carbocycles. The third-order valence-electron chi connectivity index (χ3n) is 5.86. The maximum Gasteiger partial charge on any atom is 0.296 e. The molecule has 0 unspecified atom stereocenters. The summed E-state index contributed by atoms with van der Waals surface area (Å²) in [5, 5.41) is 18.3. The number of hydrogen-bond donors (Lipinski definition) is 5. The van der Waals surface area contributed by atoms with Crippen molar-refractivity contribution >= 4 is 74.0 Å². The van der Waals surface area contributed by atoms with Crippen LogP contribution in [0, 0.1) is 6.92 Å². The quantitative estimate of drug-likeness (QED) is 0.0538.